The van der Waals surface area contributed by atoms with Gasteiger partial charge in [-0.3, -0.25) is 0 Å². The lowest BCUT2D eigenvalue weighted by Crippen LogP contribution is -2.00. The number of hydrogen-bond acceptors (Lipinski definition) is 4. The zero-order chi connectivity index (χ0) is 12.6. The molecule has 2 rings (SSSR count). The molecule has 88 valence electrons. The minimum Gasteiger partial charge on any atom is -0.476 e. The van der Waals surface area contributed by atoms with Gasteiger partial charge in [-0.2, -0.15) is 0 Å². The van der Waals surface area contributed by atoms with Crippen molar-refractivity contribution in [2.24, 2.45) is 0 Å². The summed E-state index contributed by atoms with van der Waals surface area (Å²) in [6, 6.07) is 4.35. The molecule has 0 amide bonds. The Balaban J connectivity index is 2.57. The highest BCUT2D eigenvalue weighted by atomic mass is 79.9. The number of aromatic carboxylic acids is 1. The third-order valence-electron chi connectivity index (χ3n) is 2.01. The molecule has 0 saturated heterocycles. The van der Waals surface area contributed by atoms with E-state index in [-0.39, 0.29) is 21.3 Å². The maximum absolute atomic E-state index is 13.6. The maximum atomic E-state index is 13.6. The molecule has 0 unspecified atom stereocenters. The number of hydrogen-bond donors (Lipinski definition) is 2. The van der Waals surface area contributed by atoms with Crippen LogP contribution in [0.4, 0.5) is 9.39 Å². The average molecular weight is 317 g/mol. The summed E-state index contributed by atoms with van der Waals surface area (Å²) in [5.74, 6) is -1.70. The molecule has 4 nitrogen and oxygen atoms in total. The minimum atomic E-state index is -1.22. The number of carbonyl (C=O) groups is 1. The van der Waals surface area contributed by atoms with Crippen molar-refractivity contribution >= 4 is 38.2 Å². The van der Waals surface area contributed by atoms with Crippen LogP contribution in [0.5, 0.6) is 0 Å². The van der Waals surface area contributed by atoms with Gasteiger partial charge >= 0.3 is 5.97 Å². The highest BCUT2D eigenvalue weighted by molar-refractivity contribution is 9.10. The standard InChI is InChI=1S/C10H6BrFN2O2S/c11-4-1-2-6(12)5(3-4)9-14-7(10(15)16)8(13)17-9/h1-3H,13H2,(H,15,16). The molecule has 0 atom stereocenters. The number of nitrogens with two attached hydrogens (primary N) is 1. The number of nitrogens with zero attached hydrogens (tertiary/aromatic N) is 1. The van der Waals surface area contributed by atoms with E-state index in [9.17, 15) is 9.18 Å². The Labute approximate surface area is 108 Å². The molecule has 17 heavy (non-hydrogen) atoms. The molecule has 1 heterocycles. The van der Waals surface area contributed by atoms with Crippen LogP contribution < -0.4 is 5.73 Å². The smallest absolute Gasteiger partial charge is 0.357 e. The number of halogens is 2. The SMILES string of the molecule is Nc1sc(-c2cc(Br)ccc2F)nc1C(=O)O. The summed E-state index contributed by atoms with van der Waals surface area (Å²) in [6.45, 7) is 0. The molecule has 2 aromatic rings. The third kappa shape index (κ3) is 2.29. The second kappa shape index (κ2) is 4.42. The van der Waals surface area contributed by atoms with E-state index in [2.05, 4.69) is 20.9 Å². The topological polar surface area (TPSA) is 76.2 Å². The quantitative estimate of drug-likeness (QED) is 0.893. The van der Waals surface area contributed by atoms with Gasteiger partial charge in [-0.1, -0.05) is 27.3 Å². The first-order valence-electron chi connectivity index (χ1n) is 4.44. The third-order valence-corrected chi connectivity index (χ3v) is 3.43. The molecule has 7 heteroatoms. The first-order valence-corrected chi connectivity index (χ1v) is 6.05. The number of thiazole rings is 1. The lowest BCUT2D eigenvalue weighted by atomic mass is 10.2. The molecule has 3 N–H and O–H groups in total. The van der Waals surface area contributed by atoms with Gasteiger partial charge in [0.05, 0.1) is 0 Å². The Morgan fingerprint density at radius 2 is 2.24 bits per heavy atom. The molecule has 0 radical (unpaired) electrons. The van der Waals surface area contributed by atoms with Crippen LogP contribution in [0.1, 0.15) is 10.5 Å². The van der Waals surface area contributed by atoms with Crippen molar-refractivity contribution in [3.05, 3.63) is 34.2 Å². The fourth-order valence-corrected chi connectivity index (χ4v) is 2.46. The van der Waals surface area contributed by atoms with Crippen LogP contribution >= 0.6 is 27.3 Å². The lowest BCUT2D eigenvalue weighted by molar-refractivity contribution is 0.0692. The van der Waals surface area contributed by atoms with Gasteiger partial charge in [0.15, 0.2) is 5.69 Å². The van der Waals surface area contributed by atoms with E-state index in [1.165, 1.54) is 12.1 Å². The van der Waals surface area contributed by atoms with Crippen molar-refractivity contribution in [1.29, 1.82) is 0 Å². The van der Waals surface area contributed by atoms with Crippen LogP contribution in [-0.4, -0.2) is 16.1 Å². The van der Waals surface area contributed by atoms with Gasteiger partial charge in [0.2, 0.25) is 0 Å². The Kier molecular flexibility index (Phi) is 3.12. The number of rotatable bonds is 2. The Morgan fingerprint density at radius 3 is 2.82 bits per heavy atom. The summed E-state index contributed by atoms with van der Waals surface area (Å²) in [6.07, 6.45) is 0. The second-order valence-electron chi connectivity index (χ2n) is 3.16. The van der Waals surface area contributed by atoms with Gasteiger partial charge < -0.3 is 10.8 Å². The number of nitrogen functional groups attached to an aromatic ring is 1. The van der Waals surface area contributed by atoms with E-state index in [4.69, 9.17) is 10.8 Å². The molecule has 0 aliphatic rings. The van der Waals surface area contributed by atoms with Gasteiger partial charge in [-0.15, -0.1) is 0 Å². The first kappa shape index (κ1) is 12.0. The van der Waals surface area contributed by atoms with Crippen LogP contribution in [0.25, 0.3) is 10.6 Å². The van der Waals surface area contributed by atoms with E-state index in [0.29, 0.717) is 4.47 Å². The molecule has 0 bridgehead atoms. The van der Waals surface area contributed by atoms with Crippen LogP contribution in [0.15, 0.2) is 22.7 Å². The Hall–Kier alpha value is -1.47. The van der Waals surface area contributed by atoms with E-state index in [0.717, 1.165) is 11.3 Å². The highest BCUT2D eigenvalue weighted by Gasteiger charge is 2.18. The number of anilines is 1. The van der Waals surface area contributed by atoms with Crippen LogP contribution in [0.3, 0.4) is 0 Å². The van der Waals surface area contributed by atoms with Crippen molar-refractivity contribution in [2.75, 3.05) is 5.73 Å². The molecule has 0 fully saturated rings. The molecular formula is C10H6BrFN2O2S. The fourth-order valence-electron chi connectivity index (χ4n) is 1.26. The van der Waals surface area contributed by atoms with Gasteiger partial charge in [0, 0.05) is 10.0 Å². The van der Waals surface area contributed by atoms with Gasteiger partial charge in [-0.05, 0) is 18.2 Å². The van der Waals surface area contributed by atoms with E-state index < -0.39 is 11.8 Å². The van der Waals surface area contributed by atoms with Gasteiger partial charge in [0.1, 0.15) is 15.8 Å². The number of benzene rings is 1. The molecule has 1 aromatic carbocycles. The van der Waals surface area contributed by atoms with Gasteiger partial charge in [0.25, 0.3) is 0 Å². The maximum Gasteiger partial charge on any atom is 0.357 e. The second-order valence-corrected chi connectivity index (χ2v) is 5.11. The summed E-state index contributed by atoms with van der Waals surface area (Å²) in [4.78, 5) is 14.6. The summed E-state index contributed by atoms with van der Waals surface area (Å²) in [5.41, 5.74) is 5.49. The van der Waals surface area contributed by atoms with Crippen molar-refractivity contribution < 1.29 is 14.3 Å². The normalized spacial score (nSPS) is 10.5. The van der Waals surface area contributed by atoms with Crippen molar-refractivity contribution in [3.8, 4) is 10.6 Å². The molecular weight excluding hydrogens is 311 g/mol. The minimum absolute atomic E-state index is 0.0619. The highest BCUT2D eigenvalue weighted by Crippen LogP contribution is 2.33. The molecule has 0 aliphatic carbocycles. The summed E-state index contributed by atoms with van der Waals surface area (Å²) in [7, 11) is 0. The summed E-state index contributed by atoms with van der Waals surface area (Å²) >= 11 is 4.15. The van der Waals surface area contributed by atoms with Crippen molar-refractivity contribution in [3.63, 3.8) is 0 Å². The van der Waals surface area contributed by atoms with E-state index in [1.807, 2.05) is 0 Å². The van der Waals surface area contributed by atoms with Crippen LogP contribution in [0.2, 0.25) is 0 Å². The fraction of sp³-hybridized carbons (Fsp3) is 0. The van der Waals surface area contributed by atoms with E-state index >= 15 is 0 Å². The van der Waals surface area contributed by atoms with E-state index in [1.54, 1.807) is 6.07 Å². The monoisotopic (exact) mass is 316 g/mol. The first-order chi connectivity index (χ1) is 7.99. The average Bonchev–Trinajstić information content (AvgIpc) is 2.64. The number of carboxylic acids is 1. The Bertz CT molecular complexity index is 600. The zero-order valence-electron chi connectivity index (χ0n) is 8.28. The zero-order valence-corrected chi connectivity index (χ0v) is 10.7. The number of carboxylic acid groups (broad SMARTS) is 1. The molecule has 1 aromatic heterocycles. The summed E-state index contributed by atoms with van der Waals surface area (Å²) in [5, 5.41) is 9.12. The van der Waals surface area contributed by atoms with Gasteiger partial charge in [-0.25, -0.2) is 14.2 Å². The summed E-state index contributed by atoms with van der Waals surface area (Å²) < 4.78 is 14.2. The lowest BCUT2D eigenvalue weighted by Gasteiger charge is -1.99. The number of aromatic nitrogens is 1. The Morgan fingerprint density at radius 1 is 1.53 bits per heavy atom. The predicted molar refractivity (Wildman–Crippen MR) is 66.6 cm³/mol. The van der Waals surface area contributed by atoms with Crippen molar-refractivity contribution in [2.45, 2.75) is 0 Å². The molecule has 0 aliphatic heterocycles. The predicted octanol–water partition coefficient (Wildman–Crippen LogP) is 2.99. The van der Waals surface area contributed by atoms with Crippen LogP contribution in [-0.2, 0) is 0 Å². The van der Waals surface area contributed by atoms with Crippen LogP contribution in [0, 0.1) is 5.82 Å². The largest absolute Gasteiger partial charge is 0.476 e. The molecule has 0 spiro atoms. The molecule has 0 saturated carbocycles. The van der Waals surface area contributed by atoms with Crippen molar-refractivity contribution in [1.82, 2.24) is 4.98 Å².